The Hall–Kier alpha value is -0.0500. The van der Waals surface area contributed by atoms with Gasteiger partial charge < -0.3 is 5.11 Å². The Labute approximate surface area is 91.6 Å². The molecule has 1 fully saturated rings. The van der Waals surface area contributed by atoms with Crippen LogP contribution < -0.4 is 0 Å². The highest BCUT2D eigenvalue weighted by atomic mass is 35.5. The zero-order valence-electron chi connectivity index (χ0n) is 8.71. The molecule has 0 heterocycles. The van der Waals surface area contributed by atoms with Crippen molar-refractivity contribution >= 4 is 11.6 Å². The highest BCUT2D eigenvalue weighted by molar-refractivity contribution is 6.29. The van der Waals surface area contributed by atoms with Gasteiger partial charge in [0.25, 0.3) is 0 Å². The second-order valence-electron chi connectivity index (χ2n) is 4.00. The van der Waals surface area contributed by atoms with Crippen LogP contribution >= 0.6 is 11.6 Å². The van der Waals surface area contributed by atoms with E-state index < -0.39 is 0 Å². The first kappa shape index (κ1) is 12.0. The minimum absolute atomic E-state index is 0.209. The summed E-state index contributed by atoms with van der Waals surface area (Å²) >= 11 is 5.81. The van der Waals surface area contributed by atoms with E-state index >= 15 is 0 Å². The topological polar surface area (TPSA) is 23.5 Å². The van der Waals surface area contributed by atoms with Gasteiger partial charge >= 0.3 is 0 Å². The van der Waals surface area contributed by atoms with Gasteiger partial charge in [0.1, 0.15) is 0 Å². The Morgan fingerprint density at radius 1 is 1.36 bits per heavy atom. The van der Waals surface area contributed by atoms with E-state index in [0.717, 1.165) is 6.54 Å². The van der Waals surface area contributed by atoms with Crippen LogP contribution in [0.5, 0.6) is 0 Å². The fourth-order valence-corrected chi connectivity index (χ4v) is 2.34. The predicted octanol–water partition coefficient (Wildman–Crippen LogP) is 2.37. The molecule has 82 valence electrons. The van der Waals surface area contributed by atoms with Crippen molar-refractivity contribution < 1.29 is 5.11 Å². The number of hydrogen-bond acceptors (Lipinski definition) is 2. The molecule has 1 N–H and O–H groups in total. The van der Waals surface area contributed by atoms with Crippen LogP contribution in [-0.4, -0.2) is 35.7 Å². The molecule has 1 saturated carbocycles. The number of rotatable bonds is 5. The van der Waals surface area contributed by atoms with Gasteiger partial charge in [-0.05, 0) is 12.8 Å². The van der Waals surface area contributed by atoms with Crippen LogP contribution in [0.25, 0.3) is 0 Å². The average Bonchev–Trinajstić information content (AvgIpc) is 2.18. The molecule has 2 nitrogen and oxygen atoms in total. The molecule has 0 amide bonds. The number of aliphatic hydroxyl groups excluding tert-OH is 1. The molecule has 14 heavy (non-hydrogen) atoms. The van der Waals surface area contributed by atoms with E-state index in [4.69, 9.17) is 16.7 Å². The Balaban J connectivity index is 2.42. The molecule has 0 bridgehead atoms. The smallest absolute Gasteiger partial charge is 0.0558 e. The lowest BCUT2D eigenvalue weighted by Crippen LogP contribution is -2.39. The van der Waals surface area contributed by atoms with Crippen LogP contribution in [0.1, 0.15) is 32.1 Å². The van der Waals surface area contributed by atoms with Gasteiger partial charge in [0.15, 0.2) is 0 Å². The monoisotopic (exact) mass is 217 g/mol. The zero-order chi connectivity index (χ0) is 10.4. The van der Waals surface area contributed by atoms with E-state index in [9.17, 15) is 0 Å². The van der Waals surface area contributed by atoms with E-state index in [2.05, 4.69) is 11.5 Å². The molecule has 1 aliphatic rings. The lowest BCUT2D eigenvalue weighted by molar-refractivity contribution is 0.136. The minimum Gasteiger partial charge on any atom is -0.395 e. The first-order valence-corrected chi connectivity index (χ1v) is 5.80. The lowest BCUT2D eigenvalue weighted by atomic mass is 9.94. The summed E-state index contributed by atoms with van der Waals surface area (Å²) in [5.41, 5.74) is 0. The van der Waals surface area contributed by atoms with Gasteiger partial charge in [-0.1, -0.05) is 37.4 Å². The van der Waals surface area contributed by atoms with E-state index in [1.54, 1.807) is 0 Å². The molecule has 0 atom stereocenters. The third kappa shape index (κ3) is 3.99. The number of halogens is 1. The van der Waals surface area contributed by atoms with Gasteiger partial charge in [-0.2, -0.15) is 0 Å². The summed E-state index contributed by atoms with van der Waals surface area (Å²) in [6.07, 6.45) is 6.45. The van der Waals surface area contributed by atoms with Crippen molar-refractivity contribution in [2.45, 2.75) is 38.1 Å². The summed E-state index contributed by atoms with van der Waals surface area (Å²) in [6.45, 7) is 5.36. The largest absolute Gasteiger partial charge is 0.395 e. The average molecular weight is 218 g/mol. The van der Waals surface area contributed by atoms with Crippen LogP contribution in [0, 0.1) is 0 Å². The molecule has 0 aromatic heterocycles. The maximum atomic E-state index is 8.97. The molecule has 1 rings (SSSR count). The van der Waals surface area contributed by atoms with Crippen LogP contribution in [0.2, 0.25) is 0 Å². The molecule has 3 heteroatoms. The van der Waals surface area contributed by atoms with Gasteiger partial charge in [0.2, 0.25) is 0 Å². The highest BCUT2D eigenvalue weighted by Crippen LogP contribution is 2.23. The molecule has 0 saturated heterocycles. The van der Waals surface area contributed by atoms with E-state index in [0.29, 0.717) is 17.6 Å². The Bertz CT molecular complexity index is 178. The summed E-state index contributed by atoms with van der Waals surface area (Å²) < 4.78 is 0. The molecule has 0 aliphatic heterocycles. The number of hydrogen-bond donors (Lipinski definition) is 1. The molecule has 1 aliphatic carbocycles. The van der Waals surface area contributed by atoms with Crippen LogP contribution in [-0.2, 0) is 0 Å². The van der Waals surface area contributed by atoms with Crippen LogP contribution in [0.15, 0.2) is 11.6 Å². The Morgan fingerprint density at radius 3 is 2.50 bits per heavy atom. The summed E-state index contributed by atoms with van der Waals surface area (Å²) in [7, 11) is 0. The van der Waals surface area contributed by atoms with Gasteiger partial charge in [-0.15, -0.1) is 0 Å². The van der Waals surface area contributed by atoms with Crippen molar-refractivity contribution in [3.8, 4) is 0 Å². The summed E-state index contributed by atoms with van der Waals surface area (Å²) in [4.78, 5) is 2.26. The van der Waals surface area contributed by atoms with Gasteiger partial charge in [-0.25, -0.2) is 0 Å². The zero-order valence-corrected chi connectivity index (χ0v) is 9.47. The first-order chi connectivity index (χ1) is 6.74. The Morgan fingerprint density at radius 2 is 2.00 bits per heavy atom. The highest BCUT2D eigenvalue weighted by Gasteiger charge is 2.20. The molecular formula is C11H20ClNO. The van der Waals surface area contributed by atoms with E-state index in [1.807, 2.05) is 0 Å². The summed E-state index contributed by atoms with van der Waals surface area (Å²) in [6, 6.07) is 0.603. The third-order valence-corrected chi connectivity index (χ3v) is 2.97. The quantitative estimate of drug-likeness (QED) is 0.765. The van der Waals surface area contributed by atoms with Gasteiger partial charge in [-0.3, -0.25) is 4.90 Å². The Kier molecular flexibility index (Phi) is 5.53. The van der Waals surface area contributed by atoms with E-state index in [-0.39, 0.29) is 6.61 Å². The summed E-state index contributed by atoms with van der Waals surface area (Å²) in [5, 5.41) is 9.64. The summed E-state index contributed by atoms with van der Waals surface area (Å²) in [5.74, 6) is 0. The molecular weight excluding hydrogens is 198 g/mol. The van der Waals surface area contributed by atoms with Crippen molar-refractivity contribution in [2.75, 3.05) is 19.7 Å². The third-order valence-electron chi connectivity index (χ3n) is 2.85. The van der Waals surface area contributed by atoms with Crippen LogP contribution in [0.4, 0.5) is 0 Å². The van der Waals surface area contributed by atoms with Crippen molar-refractivity contribution in [2.24, 2.45) is 0 Å². The van der Waals surface area contributed by atoms with Gasteiger partial charge in [0.05, 0.1) is 6.61 Å². The predicted molar refractivity (Wildman–Crippen MR) is 60.5 cm³/mol. The second-order valence-corrected chi connectivity index (χ2v) is 4.54. The molecule has 0 radical (unpaired) electrons. The number of aliphatic hydroxyl groups is 1. The molecule has 0 spiro atoms. The van der Waals surface area contributed by atoms with E-state index in [1.165, 1.54) is 32.1 Å². The van der Waals surface area contributed by atoms with Crippen molar-refractivity contribution in [3.63, 3.8) is 0 Å². The van der Waals surface area contributed by atoms with Crippen molar-refractivity contribution in [1.29, 1.82) is 0 Å². The normalized spacial score (nSPS) is 18.8. The maximum Gasteiger partial charge on any atom is 0.0558 e. The van der Waals surface area contributed by atoms with Gasteiger partial charge in [0, 0.05) is 24.2 Å². The minimum atomic E-state index is 0.209. The van der Waals surface area contributed by atoms with Crippen molar-refractivity contribution in [3.05, 3.63) is 11.6 Å². The SMILES string of the molecule is C=C(Cl)CN(CCO)C1CCCCC1. The molecule has 0 aromatic rings. The molecule has 0 unspecified atom stereocenters. The van der Waals surface area contributed by atoms with Crippen molar-refractivity contribution in [1.82, 2.24) is 4.90 Å². The fraction of sp³-hybridized carbons (Fsp3) is 0.818. The maximum absolute atomic E-state index is 8.97. The van der Waals surface area contributed by atoms with Crippen LogP contribution in [0.3, 0.4) is 0 Å². The number of nitrogens with zero attached hydrogens (tertiary/aromatic N) is 1. The first-order valence-electron chi connectivity index (χ1n) is 5.42. The lowest BCUT2D eigenvalue weighted by Gasteiger charge is -2.33. The molecule has 0 aromatic carbocycles. The standard InChI is InChI=1S/C11H20ClNO/c1-10(12)9-13(7-8-14)11-5-3-2-4-6-11/h11,14H,1-9H2. The second kappa shape index (κ2) is 6.44. The fourth-order valence-electron chi connectivity index (χ4n) is 2.19.